The molecule has 0 aliphatic heterocycles. The zero-order valence-electron chi connectivity index (χ0n) is 9.28. The van der Waals surface area contributed by atoms with Crippen LogP contribution in [0.1, 0.15) is 19.4 Å². The topological polar surface area (TPSA) is 72.0 Å². The van der Waals surface area contributed by atoms with E-state index in [2.05, 4.69) is 9.97 Å². The van der Waals surface area contributed by atoms with Gasteiger partial charge in [-0.15, -0.1) is 0 Å². The minimum absolute atomic E-state index is 0.0345. The number of hydrogen-bond donors (Lipinski definition) is 1. The van der Waals surface area contributed by atoms with Gasteiger partial charge in [-0.1, -0.05) is 18.7 Å². The summed E-state index contributed by atoms with van der Waals surface area (Å²) in [5.74, 6) is 0.422. The van der Waals surface area contributed by atoms with Crippen LogP contribution in [-0.4, -0.2) is 28.3 Å². The van der Waals surface area contributed by atoms with Gasteiger partial charge in [0.2, 0.25) is 0 Å². The molecule has 0 radical (unpaired) electrons. The van der Waals surface area contributed by atoms with Crippen molar-refractivity contribution in [3.63, 3.8) is 0 Å². The highest BCUT2D eigenvalue weighted by Crippen LogP contribution is 2.08. The lowest BCUT2D eigenvalue weighted by Gasteiger charge is -2.02. The normalized spacial score (nSPS) is 10.1. The molecule has 0 saturated carbocycles. The highest BCUT2D eigenvalue weighted by atomic mass is 32.2. The SMILES string of the molecule is CCOC(=O)Cc1cnc(SCC)[nH]c1=O. The number of carbonyl (C=O) groups is 1. The van der Waals surface area contributed by atoms with E-state index in [1.807, 2.05) is 6.92 Å². The number of hydrogen-bond acceptors (Lipinski definition) is 5. The highest BCUT2D eigenvalue weighted by molar-refractivity contribution is 7.99. The van der Waals surface area contributed by atoms with Gasteiger partial charge in [0.15, 0.2) is 5.16 Å². The number of nitrogens with zero attached hydrogens (tertiary/aromatic N) is 1. The molecule has 0 spiro atoms. The molecule has 0 aliphatic rings. The number of rotatable bonds is 5. The summed E-state index contributed by atoms with van der Waals surface area (Å²) < 4.78 is 4.75. The Labute approximate surface area is 97.6 Å². The number of ether oxygens (including phenoxy) is 1. The second-order valence-electron chi connectivity index (χ2n) is 2.96. The molecule has 1 aromatic rings. The molecule has 0 amide bonds. The number of carbonyl (C=O) groups excluding carboxylic acids is 1. The van der Waals surface area contributed by atoms with E-state index < -0.39 is 5.97 Å². The summed E-state index contributed by atoms with van der Waals surface area (Å²) in [7, 11) is 0. The van der Waals surface area contributed by atoms with Gasteiger partial charge in [-0.05, 0) is 12.7 Å². The lowest BCUT2D eigenvalue weighted by Crippen LogP contribution is -2.19. The zero-order valence-corrected chi connectivity index (χ0v) is 10.1. The summed E-state index contributed by atoms with van der Waals surface area (Å²) in [6.45, 7) is 4.01. The summed E-state index contributed by atoms with van der Waals surface area (Å²) in [6.07, 6.45) is 1.39. The number of esters is 1. The standard InChI is InChI=1S/C10H14N2O3S/c1-3-15-8(13)5-7-6-11-10(16-4-2)12-9(7)14/h6H,3-5H2,1-2H3,(H,11,12,14). The van der Waals surface area contributed by atoms with Gasteiger partial charge in [-0.3, -0.25) is 9.59 Å². The Kier molecular flexibility index (Phi) is 5.04. The predicted octanol–water partition coefficient (Wildman–Crippen LogP) is 0.988. The molecule has 1 rings (SSSR count). The van der Waals surface area contributed by atoms with Crippen LogP contribution in [0.25, 0.3) is 0 Å². The van der Waals surface area contributed by atoms with Gasteiger partial charge in [-0.2, -0.15) is 0 Å². The predicted molar refractivity (Wildman–Crippen MR) is 61.6 cm³/mol. The van der Waals surface area contributed by atoms with Crippen molar-refractivity contribution in [2.75, 3.05) is 12.4 Å². The Morgan fingerprint density at radius 2 is 2.31 bits per heavy atom. The van der Waals surface area contributed by atoms with E-state index in [0.29, 0.717) is 17.3 Å². The maximum absolute atomic E-state index is 11.5. The molecule has 0 aliphatic carbocycles. The molecule has 0 bridgehead atoms. The minimum Gasteiger partial charge on any atom is -0.466 e. The van der Waals surface area contributed by atoms with Crippen LogP contribution >= 0.6 is 11.8 Å². The lowest BCUT2D eigenvalue weighted by molar-refractivity contribution is -0.142. The third-order valence-corrected chi connectivity index (χ3v) is 2.54. The summed E-state index contributed by atoms with van der Waals surface area (Å²) in [6, 6.07) is 0. The molecule has 16 heavy (non-hydrogen) atoms. The van der Waals surface area contributed by atoms with Crippen molar-refractivity contribution in [1.82, 2.24) is 9.97 Å². The summed E-state index contributed by atoms with van der Waals surface area (Å²) >= 11 is 1.44. The number of aromatic nitrogens is 2. The van der Waals surface area contributed by atoms with Gasteiger partial charge in [0.05, 0.1) is 13.0 Å². The molecular weight excluding hydrogens is 228 g/mol. The van der Waals surface area contributed by atoms with Gasteiger partial charge >= 0.3 is 5.97 Å². The van der Waals surface area contributed by atoms with Crippen molar-refractivity contribution in [3.8, 4) is 0 Å². The van der Waals surface area contributed by atoms with Crippen LogP contribution in [0.15, 0.2) is 16.1 Å². The molecule has 0 saturated heterocycles. The van der Waals surface area contributed by atoms with Crippen molar-refractivity contribution >= 4 is 17.7 Å². The fourth-order valence-electron chi connectivity index (χ4n) is 1.11. The largest absolute Gasteiger partial charge is 0.466 e. The monoisotopic (exact) mass is 242 g/mol. The van der Waals surface area contributed by atoms with Crippen LogP contribution in [0.2, 0.25) is 0 Å². The first-order valence-corrected chi connectivity index (χ1v) is 6.02. The molecule has 6 heteroatoms. The first-order valence-electron chi connectivity index (χ1n) is 5.04. The molecule has 0 aromatic carbocycles. The van der Waals surface area contributed by atoms with Crippen molar-refractivity contribution in [2.45, 2.75) is 25.4 Å². The lowest BCUT2D eigenvalue weighted by atomic mass is 10.2. The Morgan fingerprint density at radius 3 is 2.88 bits per heavy atom. The molecule has 88 valence electrons. The van der Waals surface area contributed by atoms with Crippen LogP contribution < -0.4 is 5.56 Å². The van der Waals surface area contributed by atoms with Crippen molar-refractivity contribution < 1.29 is 9.53 Å². The fraction of sp³-hybridized carbons (Fsp3) is 0.500. The summed E-state index contributed by atoms with van der Waals surface area (Å²) in [4.78, 5) is 29.4. The van der Waals surface area contributed by atoms with Crippen molar-refractivity contribution in [2.24, 2.45) is 0 Å². The van der Waals surface area contributed by atoms with Crippen LogP contribution in [0.5, 0.6) is 0 Å². The number of nitrogens with one attached hydrogen (secondary N) is 1. The third-order valence-electron chi connectivity index (χ3n) is 1.77. The minimum atomic E-state index is -0.411. The molecule has 1 aromatic heterocycles. The number of aromatic amines is 1. The van der Waals surface area contributed by atoms with E-state index in [0.717, 1.165) is 5.75 Å². The fourth-order valence-corrected chi connectivity index (χ4v) is 1.67. The Hall–Kier alpha value is -1.30. The zero-order chi connectivity index (χ0) is 12.0. The molecule has 0 unspecified atom stereocenters. The van der Waals surface area contributed by atoms with Gasteiger partial charge in [-0.25, -0.2) is 4.98 Å². The van der Waals surface area contributed by atoms with Gasteiger partial charge in [0.1, 0.15) is 0 Å². The quantitative estimate of drug-likeness (QED) is 0.473. The molecule has 1 N–H and O–H groups in total. The second kappa shape index (κ2) is 6.32. The average molecular weight is 242 g/mol. The van der Waals surface area contributed by atoms with Gasteiger partial charge in [0.25, 0.3) is 5.56 Å². The van der Waals surface area contributed by atoms with Crippen LogP contribution in [0.4, 0.5) is 0 Å². The van der Waals surface area contributed by atoms with E-state index in [9.17, 15) is 9.59 Å². The van der Waals surface area contributed by atoms with E-state index in [-0.39, 0.29) is 12.0 Å². The molecule has 0 fully saturated rings. The van der Waals surface area contributed by atoms with Crippen molar-refractivity contribution in [1.29, 1.82) is 0 Å². The van der Waals surface area contributed by atoms with E-state index >= 15 is 0 Å². The summed E-state index contributed by atoms with van der Waals surface area (Å²) in [5.41, 5.74) is 0.0536. The molecule has 0 atom stereocenters. The molecule has 5 nitrogen and oxygen atoms in total. The molecular formula is C10H14N2O3S. The average Bonchev–Trinajstić information content (AvgIpc) is 2.23. The maximum atomic E-state index is 11.5. The smallest absolute Gasteiger partial charge is 0.310 e. The Morgan fingerprint density at radius 1 is 1.56 bits per heavy atom. The van der Waals surface area contributed by atoms with Gasteiger partial charge < -0.3 is 9.72 Å². The third kappa shape index (κ3) is 3.69. The molecule has 1 heterocycles. The Balaban J connectivity index is 2.75. The van der Waals surface area contributed by atoms with Crippen molar-refractivity contribution in [3.05, 3.63) is 22.1 Å². The second-order valence-corrected chi connectivity index (χ2v) is 4.21. The first-order chi connectivity index (χ1) is 7.67. The summed E-state index contributed by atoms with van der Waals surface area (Å²) in [5, 5.41) is 0.570. The van der Waals surface area contributed by atoms with E-state index in [4.69, 9.17) is 4.74 Å². The van der Waals surface area contributed by atoms with Gasteiger partial charge in [0, 0.05) is 11.8 Å². The van der Waals surface area contributed by atoms with E-state index in [1.54, 1.807) is 6.92 Å². The number of thioether (sulfide) groups is 1. The highest BCUT2D eigenvalue weighted by Gasteiger charge is 2.08. The number of H-pyrrole nitrogens is 1. The van der Waals surface area contributed by atoms with Crippen LogP contribution in [-0.2, 0) is 16.0 Å². The van der Waals surface area contributed by atoms with Crippen LogP contribution in [0, 0.1) is 0 Å². The van der Waals surface area contributed by atoms with E-state index in [1.165, 1.54) is 18.0 Å². The maximum Gasteiger partial charge on any atom is 0.310 e. The Bertz CT molecular complexity index is 417. The first kappa shape index (κ1) is 12.8. The van der Waals surface area contributed by atoms with Crippen LogP contribution in [0.3, 0.4) is 0 Å².